The topological polar surface area (TPSA) is 75.6 Å². The molecule has 6 nitrogen and oxygen atoms in total. The van der Waals surface area contributed by atoms with Gasteiger partial charge in [-0.15, -0.1) is 0 Å². The van der Waals surface area contributed by atoms with Crippen molar-refractivity contribution in [3.8, 4) is 0 Å². The van der Waals surface area contributed by atoms with E-state index in [9.17, 15) is 4.79 Å². The van der Waals surface area contributed by atoms with E-state index < -0.39 is 0 Å². The molecule has 2 N–H and O–H groups in total. The fourth-order valence-corrected chi connectivity index (χ4v) is 1.68. The summed E-state index contributed by atoms with van der Waals surface area (Å²) < 4.78 is 1.88. The van der Waals surface area contributed by atoms with Crippen LogP contribution in [0.2, 0.25) is 0 Å². The molecule has 0 bridgehead atoms. The maximum Gasteiger partial charge on any atom is 0.222 e. The summed E-state index contributed by atoms with van der Waals surface area (Å²) in [5.74, 6) is 0.786. The number of nitrogens with zero attached hydrogens (tertiary/aromatic N) is 3. The average Bonchev–Trinajstić information content (AvgIpc) is 2.97. The van der Waals surface area contributed by atoms with Crippen LogP contribution in [-0.4, -0.2) is 25.4 Å². The monoisotopic (exact) mass is 247 g/mol. The minimum absolute atomic E-state index is 0.00486. The average molecular weight is 247 g/mol. The number of hydrogen-bond donors (Lipinski definition) is 2. The van der Waals surface area contributed by atoms with Gasteiger partial charge in [0.2, 0.25) is 5.91 Å². The molecule has 1 atom stereocenters. The van der Waals surface area contributed by atoms with E-state index in [-0.39, 0.29) is 11.9 Å². The lowest BCUT2D eigenvalue weighted by atomic mass is 10.3. The highest BCUT2D eigenvalue weighted by Gasteiger charge is 2.11. The first-order valence-corrected chi connectivity index (χ1v) is 5.92. The molecule has 2 aromatic rings. The Morgan fingerprint density at radius 1 is 1.61 bits per heavy atom. The zero-order chi connectivity index (χ0) is 13.0. The molecule has 0 aromatic carbocycles. The number of hydrogen-bond acceptors (Lipinski definition) is 3. The van der Waals surface area contributed by atoms with E-state index >= 15 is 0 Å². The maximum atomic E-state index is 11.7. The zero-order valence-electron chi connectivity index (χ0n) is 10.6. The Bertz CT molecular complexity index is 502. The van der Waals surface area contributed by atoms with E-state index in [4.69, 9.17) is 0 Å². The number of aromatic amines is 1. The SMILES string of the molecule is Cc1cnc([C@H](C)NC(=O)CCn2ccnc2)[nH]1. The van der Waals surface area contributed by atoms with Crippen LogP contribution in [0.3, 0.4) is 0 Å². The normalized spacial score (nSPS) is 12.3. The van der Waals surface area contributed by atoms with E-state index in [1.807, 2.05) is 24.6 Å². The lowest BCUT2D eigenvalue weighted by molar-refractivity contribution is -0.122. The van der Waals surface area contributed by atoms with Crippen molar-refractivity contribution in [3.05, 3.63) is 36.4 Å². The number of carbonyl (C=O) groups excluding carboxylic acids is 1. The van der Waals surface area contributed by atoms with Gasteiger partial charge in [0.1, 0.15) is 5.82 Å². The molecule has 2 heterocycles. The molecule has 0 spiro atoms. The van der Waals surface area contributed by atoms with Gasteiger partial charge in [-0.25, -0.2) is 9.97 Å². The quantitative estimate of drug-likeness (QED) is 0.833. The molecule has 0 aliphatic rings. The van der Waals surface area contributed by atoms with Gasteiger partial charge < -0.3 is 14.9 Å². The van der Waals surface area contributed by atoms with Gasteiger partial charge in [-0.1, -0.05) is 0 Å². The summed E-state index contributed by atoms with van der Waals surface area (Å²) in [5.41, 5.74) is 0.990. The van der Waals surface area contributed by atoms with Crippen molar-refractivity contribution in [3.63, 3.8) is 0 Å². The fraction of sp³-hybridized carbons (Fsp3) is 0.417. The van der Waals surface area contributed by atoms with E-state index in [0.717, 1.165) is 11.5 Å². The molecule has 1 amide bonds. The van der Waals surface area contributed by atoms with Gasteiger partial charge in [-0.2, -0.15) is 0 Å². The van der Waals surface area contributed by atoms with Gasteiger partial charge in [0.15, 0.2) is 0 Å². The second-order valence-electron chi connectivity index (χ2n) is 4.29. The molecule has 2 aromatic heterocycles. The third kappa shape index (κ3) is 3.19. The van der Waals surface area contributed by atoms with Crippen molar-refractivity contribution in [1.29, 1.82) is 0 Å². The summed E-state index contributed by atoms with van der Waals surface area (Å²) in [6, 6.07) is -0.103. The Hall–Kier alpha value is -2.11. The zero-order valence-corrected chi connectivity index (χ0v) is 10.6. The standard InChI is InChI=1S/C12H17N5O/c1-9-7-14-12(15-9)10(2)16-11(18)3-5-17-6-4-13-8-17/h4,6-8,10H,3,5H2,1-2H3,(H,14,15)(H,16,18)/t10-/m0/s1. The van der Waals surface area contributed by atoms with E-state index in [1.54, 1.807) is 18.7 Å². The van der Waals surface area contributed by atoms with Gasteiger partial charge in [0.05, 0.1) is 12.4 Å². The summed E-state index contributed by atoms with van der Waals surface area (Å²) in [6.45, 7) is 4.48. The predicted molar refractivity (Wildman–Crippen MR) is 66.7 cm³/mol. The van der Waals surface area contributed by atoms with E-state index in [2.05, 4.69) is 20.3 Å². The second-order valence-corrected chi connectivity index (χ2v) is 4.29. The number of aromatic nitrogens is 4. The van der Waals surface area contributed by atoms with E-state index in [0.29, 0.717) is 13.0 Å². The van der Waals surface area contributed by atoms with Crippen molar-refractivity contribution < 1.29 is 4.79 Å². The number of H-pyrrole nitrogens is 1. The van der Waals surface area contributed by atoms with Crippen LogP contribution in [0.25, 0.3) is 0 Å². The van der Waals surface area contributed by atoms with Gasteiger partial charge in [-0.05, 0) is 13.8 Å². The Kier molecular flexibility index (Phi) is 3.76. The molecule has 18 heavy (non-hydrogen) atoms. The lowest BCUT2D eigenvalue weighted by Gasteiger charge is -2.11. The van der Waals surface area contributed by atoms with Crippen LogP contribution >= 0.6 is 0 Å². The number of amides is 1. The number of imidazole rings is 2. The summed E-state index contributed by atoms with van der Waals surface area (Å²) in [6.07, 6.45) is 7.43. The number of carbonyl (C=O) groups is 1. The van der Waals surface area contributed by atoms with E-state index in [1.165, 1.54) is 0 Å². The second kappa shape index (κ2) is 5.48. The summed E-state index contributed by atoms with van der Waals surface area (Å²) in [5, 5.41) is 2.91. The van der Waals surface area contributed by atoms with Crippen LogP contribution in [-0.2, 0) is 11.3 Å². The maximum absolute atomic E-state index is 11.7. The highest BCUT2D eigenvalue weighted by molar-refractivity contribution is 5.76. The minimum atomic E-state index is -0.103. The molecule has 96 valence electrons. The van der Waals surface area contributed by atoms with Crippen LogP contribution in [0.5, 0.6) is 0 Å². The molecule has 0 aliphatic carbocycles. The molecule has 0 saturated heterocycles. The van der Waals surface area contributed by atoms with Crippen molar-refractivity contribution in [2.24, 2.45) is 0 Å². The summed E-state index contributed by atoms with van der Waals surface area (Å²) >= 11 is 0. The minimum Gasteiger partial charge on any atom is -0.346 e. The Morgan fingerprint density at radius 2 is 2.44 bits per heavy atom. The van der Waals surface area contributed by atoms with Gasteiger partial charge in [-0.3, -0.25) is 4.79 Å². The van der Waals surface area contributed by atoms with Crippen molar-refractivity contribution >= 4 is 5.91 Å². The van der Waals surface area contributed by atoms with Crippen LogP contribution in [0, 0.1) is 6.92 Å². The number of rotatable bonds is 5. The molecule has 2 rings (SSSR count). The molecule has 0 radical (unpaired) electrons. The molecule has 0 aliphatic heterocycles. The Morgan fingerprint density at radius 3 is 3.06 bits per heavy atom. The number of nitrogens with one attached hydrogen (secondary N) is 2. The first kappa shape index (κ1) is 12.3. The molecule has 0 fully saturated rings. The highest BCUT2D eigenvalue weighted by atomic mass is 16.1. The molecule has 0 saturated carbocycles. The first-order chi connectivity index (χ1) is 8.65. The van der Waals surface area contributed by atoms with Crippen LogP contribution in [0.1, 0.15) is 30.9 Å². The Labute approximate surface area is 105 Å². The van der Waals surface area contributed by atoms with Crippen LogP contribution < -0.4 is 5.32 Å². The highest BCUT2D eigenvalue weighted by Crippen LogP contribution is 2.07. The molecular weight excluding hydrogens is 230 g/mol. The molecule has 0 unspecified atom stereocenters. The lowest BCUT2D eigenvalue weighted by Crippen LogP contribution is -2.28. The van der Waals surface area contributed by atoms with Gasteiger partial charge in [0.25, 0.3) is 0 Å². The third-order valence-electron chi connectivity index (χ3n) is 2.67. The fourth-order valence-electron chi connectivity index (χ4n) is 1.68. The summed E-state index contributed by atoms with van der Waals surface area (Å²) in [4.78, 5) is 23.0. The predicted octanol–water partition coefficient (Wildman–Crippen LogP) is 1.18. The Balaban J connectivity index is 1.80. The molecular formula is C12H17N5O. The molecule has 6 heteroatoms. The van der Waals surface area contributed by atoms with Gasteiger partial charge in [0, 0.05) is 37.3 Å². The van der Waals surface area contributed by atoms with Gasteiger partial charge >= 0.3 is 0 Å². The van der Waals surface area contributed by atoms with Crippen molar-refractivity contribution in [1.82, 2.24) is 24.8 Å². The summed E-state index contributed by atoms with van der Waals surface area (Å²) in [7, 11) is 0. The first-order valence-electron chi connectivity index (χ1n) is 5.92. The van der Waals surface area contributed by atoms with Crippen molar-refractivity contribution in [2.45, 2.75) is 32.9 Å². The third-order valence-corrected chi connectivity index (χ3v) is 2.67. The van der Waals surface area contributed by atoms with Crippen LogP contribution in [0.15, 0.2) is 24.9 Å². The van der Waals surface area contributed by atoms with Crippen molar-refractivity contribution in [2.75, 3.05) is 0 Å². The van der Waals surface area contributed by atoms with Crippen LogP contribution in [0.4, 0.5) is 0 Å². The largest absolute Gasteiger partial charge is 0.346 e. The smallest absolute Gasteiger partial charge is 0.222 e. The number of aryl methyl sites for hydroxylation is 2.